The van der Waals surface area contributed by atoms with Crippen molar-refractivity contribution >= 4 is 11.8 Å². The number of aryl methyl sites for hydroxylation is 1. The van der Waals surface area contributed by atoms with Crippen LogP contribution in [0.1, 0.15) is 64.4 Å². The average Bonchev–Trinajstić information content (AvgIpc) is 2.71. The monoisotopic (exact) mass is 400 g/mol. The van der Waals surface area contributed by atoms with Crippen LogP contribution in [0.2, 0.25) is 0 Å². The summed E-state index contributed by atoms with van der Waals surface area (Å²) in [5.41, 5.74) is 1.29. The Morgan fingerprint density at radius 2 is 1.90 bits per heavy atom. The zero-order chi connectivity index (χ0) is 20.9. The van der Waals surface area contributed by atoms with Crippen LogP contribution in [0, 0.1) is 5.41 Å². The molecule has 0 N–H and O–H groups in total. The molecule has 1 spiro atoms. The highest BCUT2D eigenvalue weighted by molar-refractivity contribution is 5.80. The van der Waals surface area contributed by atoms with Crippen LogP contribution in [0.15, 0.2) is 24.3 Å². The molecule has 0 radical (unpaired) electrons. The number of nitrogens with zero attached hydrogens (tertiary/aromatic N) is 2. The Hall–Kier alpha value is -2.04. The maximum Gasteiger partial charge on any atom is 0.263 e. The number of para-hydroxylation sites is 1. The van der Waals surface area contributed by atoms with Crippen molar-refractivity contribution < 1.29 is 14.3 Å². The van der Waals surface area contributed by atoms with Crippen LogP contribution in [-0.4, -0.2) is 54.4 Å². The molecule has 1 aromatic carbocycles. The number of likely N-dealkylation sites (N-methyl/N-ethyl adjacent to an activating group) is 1. The SMILES string of the molecule is CCCC(=O)N1CCC2(CCCCc3ccccc3O[C@H](C)C(=O)N(C)C2)CC1. The highest BCUT2D eigenvalue weighted by atomic mass is 16.5. The number of rotatable bonds is 2. The van der Waals surface area contributed by atoms with Gasteiger partial charge >= 0.3 is 0 Å². The molecule has 1 fully saturated rings. The van der Waals surface area contributed by atoms with Crippen molar-refractivity contribution in [3.63, 3.8) is 0 Å². The summed E-state index contributed by atoms with van der Waals surface area (Å²) in [6.07, 6.45) is 7.33. The van der Waals surface area contributed by atoms with Gasteiger partial charge in [-0.15, -0.1) is 0 Å². The van der Waals surface area contributed by atoms with Gasteiger partial charge in [0.2, 0.25) is 5.91 Å². The lowest BCUT2D eigenvalue weighted by molar-refractivity contribution is -0.140. The number of benzene rings is 1. The number of likely N-dealkylation sites (tertiary alicyclic amines) is 1. The predicted molar refractivity (Wildman–Crippen MR) is 115 cm³/mol. The number of hydrogen-bond acceptors (Lipinski definition) is 3. The summed E-state index contributed by atoms with van der Waals surface area (Å²) < 4.78 is 6.06. The second-order valence-corrected chi connectivity index (χ2v) is 8.90. The van der Waals surface area contributed by atoms with Crippen LogP contribution in [-0.2, 0) is 16.0 Å². The minimum atomic E-state index is -0.496. The van der Waals surface area contributed by atoms with Crippen molar-refractivity contribution in [3.8, 4) is 5.75 Å². The first kappa shape index (κ1) is 21.7. The number of carbonyl (C=O) groups is 2. The Bertz CT molecular complexity index is 710. The van der Waals surface area contributed by atoms with E-state index in [0.29, 0.717) is 6.42 Å². The topological polar surface area (TPSA) is 49.9 Å². The molecule has 1 aromatic rings. The lowest BCUT2D eigenvalue weighted by Gasteiger charge is -2.44. The molecule has 29 heavy (non-hydrogen) atoms. The molecule has 2 amide bonds. The molecule has 1 atom stereocenters. The molecular formula is C24H36N2O3. The molecule has 1 saturated heterocycles. The van der Waals surface area contributed by atoms with Crippen LogP contribution < -0.4 is 4.74 Å². The third-order valence-electron chi connectivity index (χ3n) is 6.62. The zero-order valence-corrected chi connectivity index (χ0v) is 18.3. The van der Waals surface area contributed by atoms with Gasteiger partial charge < -0.3 is 14.5 Å². The van der Waals surface area contributed by atoms with E-state index in [1.165, 1.54) is 5.56 Å². The van der Waals surface area contributed by atoms with Gasteiger partial charge in [-0.05, 0) is 62.5 Å². The van der Waals surface area contributed by atoms with E-state index in [2.05, 4.69) is 13.0 Å². The highest BCUT2D eigenvalue weighted by Gasteiger charge is 2.38. The maximum absolute atomic E-state index is 13.0. The first-order chi connectivity index (χ1) is 13.9. The van der Waals surface area contributed by atoms with E-state index in [4.69, 9.17) is 4.74 Å². The van der Waals surface area contributed by atoms with Crippen molar-refractivity contribution in [2.45, 2.75) is 71.3 Å². The molecule has 3 rings (SSSR count). The zero-order valence-electron chi connectivity index (χ0n) is 18.3. The fraction of sp³-hybridized carbons (Fsp3) is 0.667. The molecule has 2 heterocycles. The van der Waals surface area contributed by atoms with E-state index in [1.807, 2.05) is 42.0 Å². The fourth-order valence-corrected chi connectivity index (χ4v) is 4.86. The molecule has 0 aromatic heterocycles. The third kappa shape index (κ3) is 5.31. The Morgan fingerprint density at radius 3 is 2.62 bits per heavy atom. The summed E-state index contributed by atoms with van der Waals surface area (Å²) in [7, 11) is 1.90. The van der Waals surface area contributed by atoms with Crippen molar-refractivity contribution in [2.75, 3.05) is 26.7 Å². The molecule has 160 valence electrons. The Balaban J connectivity index is 1.74. The molecule has 2 aliphatic rings. The molecule has 5 nitrogen and oxygen atoms in total. The molecule has 0 unspecified atom stereocenters. The van der Waals surface area contributed by atoms with Crippen LogP contribution in [0.4, 0.5) is 0 Å². The number of carbonyl (C=O) groups excluding carboxylic acids is 2. The Morgan fingerprint density at radius 1 is 1.17 bits per heavy atom. The van der Waals surface area contributed by atoms with Crippen LogP contribution in [0.25, 0.3) is 0 Å². The lowest BCUT2D eigenvalue weighted by Crippen LogP contribution is -2.50. The van der Waals surface area contributed by atoms with E-state index < -0.39 is 6.10 Å². The molecule has 0 aliphatic carbocycles. The van der Waals surface area contributed by atoms with E-state index in [9.17, 15) is 9.59 Å². The summed E-state index contributed by atoms with van der Waals surface area (Å²) in [5, 5.41) is 0. The summed E-state index contributed by atoms with van der Waals surface area (Å²) in [4.78, 5) is 29.2. The van der Waals surface area contributed by atoms with Gasteiger partial charge in [-0.25, -0.2) is 0 Å². The molecular weight excluding hydrogens is 364 g/mol. The van der Waals surface area contributed by atoms with Crippen LogP contribution in [0.5, 0.6) is 5.75 Å². The number of fused-ring (bicyclic) bond motifs is 1. The first-order valence-electron chi connectivity index (χ1n) is 11.2. The third-order valence-corrected chi connectivity index (χ3v) is 6.62. The summed E-state index contributed by atoms with van der Waals surface area (Å²) in [6.45, 7) is 6.28. The van der Waals surface area contributed by atoms with Crippen molar-refractivity contribution in [1.82, 2.24) is 9.80 Å². The Kier molecular flexibility index (Phi) is 7.20. The summed E-state index contributed by atoms with van der Waals surface area (Å²) in [6, 6.07) is 8.08. The standard InChI is InChI=1S/C24H36N2O3/c1-4-9-22(27)26-16-14-24(15-17-26)13-8-7-11-20-10-5-6-12-21(20)29-19(2)23(28)25(3)18-24/h5-6,10,12,19H,4,7-9,11,13-18H2,1-3H3/t19-/m1/s1. The Labute approximate surface area is 175 Å². The number of amides is 2. The van der Waals surface area contributed by atoms with Gasteiger partial charge in [0.05, 0.1) is 0 Å². The smallest absolute Gasteiger partial charge is 0.263 e. The second-order valence-electron chi connectivity index (χ2n) is 8.90. The quantitative estimate of drug-likeness (QED) is 0.753. The minimum absolute atomic E-state index is 0.0317. The molecule has 0 saturated carbocycles. The average molecular weight is 401 g/mol. The predicted octanol–water partition coefficient (Wildman–Crippen LogP) is 4.05. The van der Waals surface area contributed by atoms with Crippen LogP contribution >= 0.6 is 0 Å². The molecule has 2 aliphatic heterocycles. The van der Waals surface area contributed by atoms with E-state index in [0.717, 1.165) is 70.3 Å². The van der Waals surface area contributed by atoms with Crippen LogP contribution in [0.3, 0.4) is 0 Å². The van der Waals surface area contributed by atoms with E-state index in [1.54, 1.807) is 0 Å². The van der Waals surface area contributed by atoms with Gasteiger partial charge in [-0.3, -0.25) is 9.59 Å². The van der Waals surface area contributed by atoms with Crippen molar-refractivity contribution in [2.24, 2.45) is 5.41 Å². The number of ether oxygens (including phenoxy) is 1. The number of hydrogen-bond donors (Lipinski definition) is 0. The molecule has 0 bridgehead atoms. The van der Waals surface area contributed by atoms with E-state index >= 15 is 0 Å². The van der Waals surface area contributed by atoms with Gasteiger partial charge in [-0.1, -0.05) is 31.5 Å². The van der Waals surface area contributed by atoms with Gasteiger partial charge in [-0.2, -0.15) is 0 Å². The van der Waals surface area contributed by atoms with Gasteiger partial charge in [0.15, 0.2) is 6.10 Å². The number of piperidine rings is 1. The maximum atomic E-state index is 13.0. The van der Waals surface area contributed by atoms with Crippen molar-refractivity contribution in [3.05, 3.63) is 29.8 Å². The normalized spacial score (nSPS) is 23.0. The van der Waals surface area contributed by atoms with Gasteiger partial charge in [0, 0.05) is 33.1 Å². The highest BCUT2D eigenvalue weighted by Crippen LogP contribution is 2.38. The van der Waals surface area contributed by atoms with Gasteiger partial charge in [0.25, 0.3) is 5.91 Å². The first-order valence-corrected chi connectivity index (χ1v) is 11.2. The summed E-state index contributed by atoms with van der Waals surface area (Å²) in [5.74, 6) is 1.14. The fourth-order valence-electron chi connectivity index (χ4n) is 4.86. The van der Waals surface area contributed by atoms with E-state index in [-0.39, 0.29) is 17.2 Å². The van der Waals surface area contributed by atoms with Crippen molar-refractivity contribution in [1.29, 1.82) is 0 Å². The lowest BCUT2D eigenvalue weighted by atomic mass is 9.73. The summed E-state index contributed by atoms with van der Waals surface area (Å²) >= 11 is 0. The minimum Gasteiger partial charge on any atom is -0.481 e. The largest absolute Gasteiger partial charge is 0.481 e. The molecule has 5 heteroatoms. The van der Waals surface area contributed by atoms with Gasteiger partial charge in [0.1, 0.15) is 5.75 Å². The second kappa shape index (κ2) is 9.64.